The number of likely N-dealkylation sites (N-methyl/N-ethyl adjacent to an activating group) is 1. The van der Waals surface area contributed by atoms with E-state index >= 15 is 0 Å². The van der Waals surface area contributed by atoms with Gasteiger partial charge in [-0.3, -0.25) is 9.88 Å². The second-order valence-corrected chi connectivity index (χ2v) is 6.82. The van der Waals surface area contributed by atoms with Gasteiger partial charge in [0.15, 0.2) is 0 Å². The van der Waals surface area contributed by atoms with Gasteiger partial charge in [-0.1, -0.05) is 6.92 Å². The van der Waals surface area contributed by atoms with Crippen LogP contribution in [0.2, 0.25) is 0 Å². The molecule has 0 radical (unpaired) electrons. The standard InChI is InChI=1S/C18H29N5O/c1-3-21-8-10-22(11-9-21)17-5-7-23(14-17)18(24)20-13-16-4-6-19-12-15(16)2/h4,6,12,17H,3,5,7-11,13-14H2,1-2H3,(H,20,24). The summed E-state index contributed by atoms with van der Waals surface area (Å²) in [5, 5.41) is 3.05. The van der Waals surface area contributed by atoms with Gasteiger partial charge in [0, 0.05) is 64.2 Å². The summed E-state index contributed by atoms with van der Waals surface area (Å²) in [5.74, 6) is 0. The summed E-state index contributed by atoms with van der Waals surface area (Å²) in [7, 11) is 0. The Morgan fingerprint density at radius 2 is 2.08 bits per heavy atom. The number of carbonyl (C=O) groups excluding carboxylic acids is 1. The topological polar surface area (TPSA) is 51.7 Å². The van der Waals surface area contributed by atoms with Crippen molar-refractivity contribution in [1.82, 2.24) is 25.0 Å². The predicted molar refractivity (Wildman–Crippen MR) is 94.9 cm³/mol. The van der Waals surface area contributed by atoms with E-state index < -0.39 is 0 Å². The Morgan fingerprint density at radius 3 is 2.79 bits per heavy atom. The fraction of sp³-hybridized carbons (Fsp3) is 0.667. The molecule has 2 amide bonds. The van der Waals surface area contributed by atoms with Gasteiger partial charge in [-0.15, -0.1) is 0 Å². The highest BCUT2D eigenvalue weighted by molar-refractivity contribution is 5.74. The highest BCUT2D eigenvalue weighted by atomic mass is 16.2. The third kappa shape index (κ3) is 4.05. The number of nitrogens with one attached hydrogen (secondary N) is 1. The van der Waals surface area contributed by atoms with Gasteiger partial charge in [0.1, 0.15) is 0 Å². The van der Waals surface area contributed by atoms with Crippen molar-refractivity contribution in [3.05, 3.63) is 29.6 Å². The van der Waals surface area contributed by atoms with Crippen LogP contribution in [-0.4, -0.2) is 77.6 Å². The molecule has 2 aliphatic rings. The average Bonchev–Trinajstić information content (AvgIpc) is 3.11. The van der Waals surface area contributed by atoms with Crippen LogP contribution in [0, 0.1) is 6.92 Å². The number of likely N-dealkylation sites (tertiary alicyclic amines) is 1. The molecule has 3 rings (SSSR count). The van der Waals surface area contributed by atoms with E-state index in [0.717, 1.165) is 63.4 Å². The highest BCUT2D eigenvalue weighted by Crippen LogP contribution is 2.17. The number of aromatic nitrogens is 1. The van der Waals surface area contributed by atoms with E-state index in [2.05, 4.69) is 27.0 Å². The molecule has 3 heterocycles. The minimum atomic E-state index is 0.0564. The molecule has 1 unspecified atom stereocenters. The van der Waals surface area contributed by atoms with Crippen molar-refractivity contribution in [3.8, 4) is 0 Å². The number of nitrogens with zero attached hydrogens (tertiary/aromatic N) is 4. The number of amides is 2. The molecule has 24 heavy (non-hydrogen) atoms. The van der Waals surface area contributed by atoms with Crippen LogP contribution in [-0.2, 0) is 6.54 Å². The fourth-order valence-corrected chi connectivity index (χ4v) is 3.65. The number of carbonyl (C=O) groups is 1. The Labute approximate surface area is 144 Å². The summed E-state index contributed by atoms with van der Waals surface area (Å²) < 4.78 is 0. The first-order valence-electron chi connectivity index (χ1n) is 9.06. The van der Waals surface area contributed by atoms with Crippen LogP contribution in [0.1, 0.15) is 24.5 Å². The maximum atomic E-state index is 12.4. The van der Waals surface area contributed by atoms with Gasteiger partial charge >= 0.3 is 6.03 Å². The summed E-state index contributed by atoms with van der Waals surface area (Å²) in [6, 6.07) is 2.55. The summed E-state index contributed by atoms with van der Waals surface area (Å²) >= 11 is 0. The van der Waals surface area contributed by atoms with Crippen molar-refractivity contribution < 1.29 is 4.79 Å². The number of piperazine rings is 1. The number of aryl methyl sites for hydroxylation is 1. The Morgan fingerprint density at radius 1 is 1.29 bits per heavy atom. The average molecular weight is 331 g/mol. The first-order valence-corrected chi connectivity index (χ1v) is 9.06. The minimum Gasteiger partial charge on any atom is -0.334 e. The molecule has 1 atom stereocenters. The Bertz CT molecular complexity index is 556. The quantitative estimate of drug-likeness (QED) is 0.904. The largest absolute Gasteiger partial charge is 0.334 e. The molecule has 0 aliphatic carbocycles. The van der Waals surface area contributed by atoms with E-state index in [1.807, 2.05) is 24.1 Å². The molecule has 2 fully saturated rings. The molecule has 2 saturated heterocycles. The summed E-state index contributed by atoms with van der Waals surface area (Å²) in [4.78, 5) is 23.5. The number of pyridine rings is 1. The molecule has 6 heteroatoms. The van der Waals surface area contributed by atoms with Gasteiger partial charge < -0.3 is 15.1 Å². The SMILES string of the molecule is CCN1CCN(C2CCN(C(=O)NCc3ccncc3C)C2)CC1. The minimum absolute atomic E-state index is 0.0564. The van der Waals surface area contributed by atoms with Gasteiger partial charge in [-0.05, 0) is 37.1 Å². The number of hydrogen-bond acceptors (Lipinski definition) is 4. The zero-order valence-corrected chi connectivity index (χ0v) is 14.9. The third-order valence-corrected chi connectivity index (χ3v) is 5.39. The maximum absolute atomic E-state index is 12.4. The van der Waals surface area contributed by atoms with Crippen LogP contribution in [0.25, 0.3) is 0 Å². The maximum Gasteiger partial charge on any atom is 0.317 e. The molecule has 2 aliphatic heterocycles. The number of urea groups is 1. The van der Waals surface area contributed by atoms with Crippen LogP contribution >= 0.6 is 0 Å². The number of rotatable bonds is 4. The van der Waals surface area contributed by atoms with E-state index in [4.69, 9.17) is 0 Å². The zero-order chi connectivity index (χ0) is 16.9. The highest BCUT2D eigenvalue weighted by Gasteiger charge is 2.31. The third-order valence-electron chi connectivity index (χ3n) is 5.39. The van der Waals surface area contributed by atoms with Gasteiger partial charge in [0.05, 0.1) is 0 Å². The molecular formula is C18H29N5O. The normalized spacial score (nSPS) is 22.8. The lowest BCUT2D eigenvalue weighted by Crippen LogP contribution is -2.51. The molecule has 1 aromatic heterocycles. The molecule has 1 N–H and O–H groups in total. The molecule has 1 aromatic rings. The van der Waals surface area contributed by atoms with Gasteiger partial charge in [0.25, 0.3) is 0 Å². The van der Waals surface area contributed by atoms with E-state index in [9.17, 15) is 4.79 Å². The molecule has 132 valence electrons. The summed E-state index contributed by atoms with van der Waals surface area (Å²) in [6.07, 6.45) is 4.70. The molecule has 0 spiro atoms. The van der Waals surface area contributed by atoms with Gasteiger partial charge in [0.2, 0.25) is 0 Å². The number of hydrogen-bond donors (Lipinski definition) is 1. The Kier molecular flexibility index (Phi) is 5.68. The van der Waals surface area contributed by atoms with Crippen molar-refractivity contribution in [1.29, 1.82) is 0 Å². The summed E-state index contributed by atoms with van der Waals surface area (Å²) in [5.41, 5.74) is 2.25. The van der Waals surface area contributed by atoms with Crippen LogP contribution in [0.3, 0.4) is 0 Å². The lowest BCUT2D eigenvalue weighted by molar-refractivity contribution is 0.102. The van der Waals surface area contributed by atoms with Gasteiger partial charge in [-0.2, -0.15) is 0 Å². The Hall–Kier alpha value is -1.66. The van der Waals surface area contributed by atoms with E-state index in [0.29, 0.717) is 12.6 Å². The smallest absolute Gasteiger partial charge is 0.317 e. The van der Waals surface area contributed by atoms with E-state index in [-0.39, 0.29) is 6.03 Å². The van der Waals surface area contributed by atoms with Crippen molar-refractivity contribution in [2.75, 3.05) is 45.8 Å². The molecule has 0 aromatic carbocycles. The zero-order valence-electron chi connectivity index (χ0n) is 14.9. The molecular weight excluding hydrogens is 302 g/mol. The van der Waals surface area contributed by atoms with Crippen LogP contribution < -0.4 is 5.32 Å². The van der Waals surface area contributed by atoms with Crippen molar-refractivity contribution in [2.24, 2.45) is 0 Å². The van der Waals surface area contributed by atoms with Crippen molar-refractivity contribution in [2.45, 2.75) is 32.9 Å². The lowest BCUT2D eigenvalue weighted by atomic mass is 10.1. The Balaban J connectivity index is 1.45. The molecule has 6 nitrogen and oxygen atoms in total. The van der Waals surface area contributed by atoms with E-state index in [1.54, 1.807) is 6.20 Å². The van der Waals surface area contributed by atoms with E-state index in [1.165, 1.54) is 0 Å². The monoisotopic (exact) mass is 331 g/mol. The van der Waals surface area contributed by atoms with Crippen molar-refractivity contribution in [3.63, 3.8) is 0 Å². The fourth-order valence-electron chi connectivity index (χ4n) is 3.65. The predicted octanol–water partition coefficient (Wildman–Crippen LogP) is 1.31. The van der Waals surface area contributed by atoms with Crippen LogP contribution in [0.5, 0.6) is 0 Å². The first-order chi connectivity index (χ1) is 11.7. The van der Waals surface area contributed by atoms with Crippen LogP contribution in [0.4, 0.5) is 4.79 Å². The van der Waals surface area contributed by atoms with Gasteiger partial charge in [-0.25, -0.2) is 4.79 Å². The first kappa shape index (κ1) is 17.2. The van der Waals surface area contributed by atoms with Crippen molar-refractivity contribution >= 4 is 6.03 Å². The molecule has 0 bridgehead atoms. The second-order valence-electron chi connectivity index (χ2n) is 6.82. The lowest BCUT2D eigenvalue weighted by Gasteiger charge is -2.37. The summed E-state index contributed by atoms with van der Waals surface area (Å²) in [6.45, 7) is 12.2. The second kappa shape index (κ2) is 7.94. The van der Waals surface area contributed by atoms with Crippen LogP contribution in [0.15, 0.2) is 18.5 Å². The molecule has 0 saturated carbocycles.